The van der Waals surface area contributed by atoms with Gasteiger partial charge in [-0.15, -0.1) is 0 Å². The number of hydrogen-bond donors (Lipinski definition) is 1. The third-order valence-corrected chi connectivity index (χ3v) is 8.32. The van der Waals surface area contributed by atoms with Crippen molar-refractivity contribution in [2.45, 2.75) is 43.1 Å². The van der Waals surface area contributed by atoms with Gasteiger partial charge < -0.3 is 14.7 Å². The Labute approximate surface area is 194 Å². The highest BCUT2D eigenvalue weighted by Crippen LogP contribution is 2.51. The molecule has 0 radical (unpaired) electrons. The monoisotopic (exact) mass is 448 g/mol. The van der Waals surface area contributed by atoms with Crippen LogP contribution in [0, 0.1) is 5.92 Å². The Hall–Kier alpha value is -2.14. The van der Waals surface area contributed by atoms with Gasteiger partial charge in [0.05, 0.1) is 18.2 Å². The Bertz CT molecular complexity index is 1190. The average molecular weight is 449 g/mol. The number of aliphatic hydroxyl groups is 1. The van der Waals surface area contributed by atoms with Gasteiger partial charge in [0.25, 0.3) is 0 Å². The summed E-state index contributed by atoms with van der Waals surface area (Å²) in [5.41, 5.74) is 3.05. The van der Waals surface area contributed by atoms with Crippen molar-refractivity contribution in [1.29, 1.82) is 0 Å². The van der Waals surface area contributed by atoms with Crippen LogP contribution < -0.4 is 4.74 Å². The summed E-state index contributed by atoms with van der Waals surface area (Å²) in [5.74, 6) is 1.65. The molecule has 32 heavy (non-hydrogen) atoms. The molecule has 1 saturated carbocycles. The van der Waals surface area contributed by atoms with E-state index >= 15 is 0 Å². The second kappa shape index (κ2) is 7.44. The lowest BCUT2D eigenvalue weighted by atomic mass is 9.56. The number of methoxy groups -OCH3 is 1. The van der Waals surface area contributed by atoms with Gasteiger partial charge >= 0.3 is 0 Å². The summed E-state index contributed by atoms with van der Waals surface area (Å²) in [6.07, 6.45) is 4.89. The summed E-state index contributed by atoms with van der Waals surface area (Å²) in [7, 11) is 1.70. The van der Waals surface area contributed by atoms with Gasteiger partial charge in [-0.3, -0.25) is 4.98 Å². The summed E-state index contributed by atoms with van der Waals surface area (Å²) >= 11 is 6.49. The Morgan fingerprint density at radius 1 is 1.16 bits per heavy atom. The average Bonchev–Trinajstić information content (AvgIpc) is 3.60. The van der Waals surface area contributed by atoms with E-state index in [-0.39, 0.29) is 5.41 Å². The van der Waals surface area contributed by atoms with Crippen molar-refractivity contribution >= 4 is 22.5 Å². The van der Waals surface area contributed by atoms with Gasteiger partial charge in [-0.25, -0.2) is 0 Å². The number of benzene rings is 2. The molecule has 2 fully saturated rings. The van der Waals surface area contributed by atoms with Crippen LogP contribution in [-0.4, -0.2) is 47.3 Å². The number of fused-ring (bicyclic) bond motifs is 3. The van der Waals surface area contributed by atoms with Gasteiger partial charge in [-0.05, 0) is 73.2 Å². The first-order valence-corrected chi connectivity index (χ1v) is 12.0. The van der Waals surface area contributed by atoms with Crippen LogP contribution in [-0.2, 0) is 18.3 Å². The minimum Gasteiger partial charge on any atom is -0.497 e. The van der Waals surface area contributed by atoms with Crippen LogP contribution in [0.25, 0.3) is 10.9 Å². The van der Waals surface area contributed by atoms with E-state index in [1.165, 1.54) is 12.8 Å². The molecule has 3 aromatic rings. The molecule has 6 rings (SSSR count). The summed E-state index contributed by atoms with van der Waals surface area (Å²) in [5, 5.41) is 14.1. The third-order valence-electron chi connectivity index (χ3n) is 7.99. The van der Waals surface area contributed by atoms with Gasteiger partial charge in [0.1, 0.15) is 5.75 Å². The van der Waals surface area contributed by atoms with Crippen LogP contribution in [0.1, 0.15) is 36.1 Å². The number of aromatic nitrogens is 1. The fraction of sp³-hybridized carbons (Fsp3) is 0.444. The van der Waals surface area contributed by atoms with Crippen LogP contribution in [0.3, 0.4) is 0 Å². The third kappa shape index (κ3) is 3.23. The largest absolute Gasteiger partial charge is 0.497 e. The molecule has 1 aromatic heterocycles. The molecule has 0 amide bonds. The first-order valence-electron chi connectivity index (χ1n) is 11.7. The molecule has 1 N–H and O–H groups in total. The summed E-state index contributed by atoms with van der Waals surface area (Å²) in [6.45, 7) is 2.80. The number of pyridine rings is 1. The molecule has 1 saturated heterocycles. The van der Waals surface area contributed by atoms with E-state index in [9.17, 15) is 5.11 Å². The molecule has 166 valence electrons. The smallest absolute Gasteiger partial charge is 0.119 e. The molecule has 1 aliphatic heterocycles. The lowest BCUT2D eigenvalue weighted by Gasteiger charge is -2.56. The maximum atomic E-state index is 12.4. The van der Waals surface area contributed by atoms with E-state index in [1.807, 2.05) is 30.3 Å². The maximum absolute atomic E-state index is 12.4. The highest BCUT2D eigenvalue weighted by molar-refractivity contribution is 6.35. The zero-order chi connectivity index (χ0) is 21.9. The molecule has 5 heteroatoms. The molecule has 0 bridgehead atoms. The predicted molar refractivity (Wildman–Crippen MR) is 128 cm³/mol. The molecule has 2 aliphatic carbocycles. The molecule has 2 aromatic carbocycles. The van der Waals surface area contributed by atoms with Crippen molar-refractivity contribution in [3.05, 3.63) is 70.4 Å². The van der Waals surface area contributed by atoms with Gasteiger partial charge in [-0.1, -0.05) is 29.8 Å². The molecule has 2 atom stereocenters. The van der Waals surface area contributed by atoms with Crippen molar-refractivity contribution in [3.63, 3.8) is 0 Å². The van der Waals surface area contributed by atoms with E-state index in [2.05, 4.69) is 23.1 Å². The zero-order valence-electron chi connectivity index (χ0n) is 18.5. The van der Waals surface area contributed by atoms with Crippen molar-refractivity contribution in [3.8, 4) is 5.75 Å². The predicted octanol–water partition coefficient (Wildman–Crippen LogP) is 4.78. The fourth-order valence-electron chi connectivity index (χ4n) is 6.06. The van der Waals surface area contributed by atoms with Gasteiger partial charge in [0.2, 0.25) is 0 Å². The Morgan fingerprint density at radius 2 is 2.00 bits per heavy atom. The van der Waals surface area contributed by atoms with Crippen molar-refractivity contribution in [1.82, 2.24) is 9.88 Å². The number of halogens is 1. The highest BCUT2D eigenvalue weighted by Gasteiger charge is 2.57. The number of ether oxygens (including phenoxy) is 1. The van der Waals surface area contributed by atoms with Crippen LogP contribution in [0.4, 0.5) is 0 Å². The second-order valence-electron chi connectivity index (χ2n) is 10.0. The topological polar surface area (TPSA) is 45.6 Å². The normalized spacial score (nSPS) is 27.7. The van der Waals surface area contributed by atoms with Crippen molar-refractivity contribution < 1.29 is 9.84 Å². The van der Waals surface area contributed by atoms with Crippen LogP contribution in [0.15, 0.2) is 48.5 Å². The van der Waals surface area contributed by atoms with Gasteiger partial charge in [0.15, 0.2) is 0 Å². The summed E-state index contributed by atoms with van der Waals surface area (Å²) in [4.78, 5) is 7.54. The molecular weight excluding hydrogens is 420 g/mol. The molecule has 3 aliphatic rings. The molecular formula is C27H29ClN2O2. The Balaban J connectivity index is 1.49. The summed E-state index contributed by atoms with van der Waals surface area (Å²) in [6, 6.07) is 16.4. The molecule has 0 spiro atoms. The molecule has 4 nitrogen and oxygen atoms in total. The minimum absolute atomic E-state index is 0.381. The van der Waals surface area contributed by atoms with Crippen molar-refractivity contribution in [2.75, 3.05) is 26.7 Å². The minimum atomic E-state index is -0.865. The second-order valence-corrected chi connectivity index (χ2v) is 10.4. The zero-order valence-corrected chi connectivity index (χ0v) is 19.2. The maximum Gasteiger partial charge on any atom is 0.119 e. The van der Waals surface area contributed by atoms with E-state index in [0.717, 1.165) is 65.3 Å². The quantitative estimate of drug-likeness (QED) is 0.623. The van der Waals surface area contributed by atoms with E-state index < -0.39 is 5.60 Å². The molecule has 2 heterocycles. The van der Waals surface area contributed by atoms with E-state index in [1.54, 1.807) is 7.11 Å². The number of piperidine rings is 1. The first kappa shape index (κ1) is 20.5. The SMILES string of the molecule is COc1cccc([C@@]23CCN(CC4CC4)C[C@@]2(O)Cc2cc4c(Cl)cccc4nc2C3)c1. The summed E-state index contributed by atoms with van der Waals surface area (Å²) < 4.78 is 5.55. The fourth-order valence-corrected chi connectivity index (χ4v) is 6.29. The first-order chi connectivity index (χ1) is 15.5. The Morgan fingerprint density at radius 3 is 2.81 bits per heavy atom. The lowest BCUT2D eigenvalue weighted by molar-refractivity contribution is -0.104. The van der Waals surface area contributed by atoms with Gasteiger partial charge in [-0.2, -0.15) is 0 Å². The number of nitrogens with zero attached hydrogens (tertiary/aromatic N) is 2. The van der Waals surface area contributed by atoms with Crippen LogP contribution in [0.5, 0.6) is 5.75 Å². The van der Waals surface area contributed by atoms with Crippen LogP contribution in [0.2, 0.25) is 5.02 Å². The number of β-amino-alcohol motifs (C(OH)–C–C–N with tert-alkyl or cyclic N) is 1. The molecule has 0 unspecified atom stereocenters. The Kier molecular flexibility index (Phi) is 4.76. The number of likely N-dealkylation sites (tertiary alicyclic amines) is 1. The van der Waals surface area contributed by atoms with Gasteiger partial charge in [0, 0.05) is 47.4 Å². The van der Waals surface area contributed by atoms with E-state index in [4.69, 9.17) is 21.3 Å². The highest BCUT2D eigenvalue weighted by atomic mass is 35.5. The lowest BCUT2D eigenvalue weighted by Crippen LogP contribution is -2.66. The van der Waals surface area contributed by atoms with Crippen molar-refractivity contribution in [2.24, 2.45) is 5.92 Å². The number of rotatable bonds is 4. The standard InChI is InChI=1S/C27H29ClN2O2/c1-32-21-5-2-4-20(13-21)26-10-11-30(16-18-8-9-18)17-27(26,31)14-19-12-22-23(28)6-3-7-24(22)29-25(19)15-26/h2-7,12-13,18,31H,8-11,14-17H2,1H3/t26-,27-/m0/s1. The van der Waals surface area contributed by atoms with E-state index in [0.29, 0.717) is 18.0 Å². The van der Waals surface area contributed by atoms with Crippen LogP contribution >= 0.6 is 11.6 Å². The number of hydrogen-bond acceptors (Lipinski definition) is 4.